The number of halogens is 2. The highest BCUT2D eigenvalue weighted by atomic mass is 35.5. The van der Waals surface area contributed by atoms with Gasteiger partial charge in [-0.2, -0.15) is 5.10 Å². The fourth-order valence-corrected chi connectivity index (χ4v) is 2.97. The number of hydrogen-bond donors (Lipinski definition) is 1. The molecule has 1 aromatic rings. The smallest absolute Gasteiger partial charge is 0.244 e. The van der Waals surface area contributed by atoms with Gasteiger partial charge in [-0.25, -0.2) is 0 Å². The van der Waals surface area contributed by atoms with Gasteiger partial charge in [0.1, 0.15) is 6.54 Å². The molecular formula is C14H26Cl2N4O. The number of amides is 1. The minimum atomic E-state index is 0. The Morgan fingerprint density at radius 1 is 1.43 bits per heavy atom. The van der Waals surface area contributed by atoms with E-state index in [-0.39, 0.29) is 36.8 Å². The predicted molar refractivity (Wildman–Crippen MR) is 89.2 cm³/mol. The molecule has 2 rings (SSSR count). The summed E-state index contributed by atoms with van der Waals surface area (Å²) in [5.41, 5.74) is 7.81. The third kappa shape index (κ3) is 4.59. The maximum Gasteiger partial charge on any atom is 0.244 e. The van der Waals surface area contributed by atoms with E-state index in [1.807, 2.05) is 24.8 Å². The van der Waals surface area contributed by atoms with Gasteiger partial charge >= 0.3 is 0 Å². The van der Waals surface area contributed by atoms with Crippen LogP contribution in [-0.4, -0.2) is 39.7 Å². The Morgan fingerprint density at radius 2 is 2.10 bits per heavy atom. The highest BCUT2D eigenvalue weighted by Gasteiger charge is 2.30. The van der Waals surface area contributed by atoms with Gasteiger partial charge in [0, 0.05) is 24.8 Å². The van der Waals surface area contributed by atoms with Gasteiger partial charge in [0.15, 0.2) is 0 Å². The van der Waals surface area contributed by atoms with Gasteiger partial charge in [-0.15, -0.1) is 24.8 Å². The molecule has 7 heteroatoms. The fourth-order valence-electron chi connectivity index (χ4n) is 2.97. The van der Waals surface area contributed by atoms with Crippen molar-refractivity contribution in [3.8, 4) is 0 Å². The zero-order chi connectivity index (χ0) is 14.0. The van der Waals surface area contributed by atoms with E-state index in [1.165, 1.54) is 0 Å². The van der Waals surface area contributed by atoms with E-state index in [2.05, 4.69) is 12.0 Å². The summed E-state index contributed by atoms with van der Waals surface area (Å²) in [5.74, 6) is 0.622. The molecule has 5 nitrogen and oxygen atoms in total. The SMILES string of the molecule is Cc1cc(C)n(CC(=O)N2CCCC(C)C2CN)n1.Cl.Cl. The van der Waals surface area contributed by atoms with Crippen LogP contribution >= 0.6 is 24.8 Å². The van der Waals surface area contributed by atoms with Crippen LogP contribution in [-0.2, 0) is 11.3 Å². The molecule has 1 saturated heterocycles. The molecule has 122 valence electrons. The summed E-state index contributed by atoms with van der Waals surface area (Å²) in [6, 6.07) is 2.17. The molecule has 2 heterocycles. The van der Waals surface area contributed by atoms with Crippen LogP contribution in [0.15, 0.2) is 6.07 Å². The minimum Gasteiger partial charge on any atom is -0.337 e. The molecule has 0 bridgehead atoms. The lowest BCUT2D eigenvalue weighted by Gasteiger charge is -2.39. The summed E-state index contributed by atoms with van der Waals surface area (Å²) >= 11 is 0. The lowest BCUT2D eigenvalue weighted by molar-refractivity contribution is -0.136. The molecule has 21 heavy (non-hydrogen) atoms. The van der Waals surface area contributed by atoms with Crippen molar-refractivity contribution in [2.45, 2.75) is 46.2 Å². The first kappa shape index (κ1) is 20.2. The van der Waals surface area contributed by atoms with Crippen LogP contribution in [0.1, 0.15) is 31.2 Å². The number of aryl methyl sites for hydroxylation is 2. The largest absolute Gasteiger partial charge is 0.337 e. The number of nitrogens with two attached hydrogens (primary N) is 1. The van der Waals surface area contributed by atoms with Crippen molar-refractivity contribution in [3.63, 3.8) is 0 Å². The first-order valence-corrected chi connectivity index (χ1v) is 7.03. The molecule has 1 aromatic heterocycles. The summed E-state index contributed by atoms with van der Waals surface area (Å²) in [5, 5.41) is 4.35. The molecular weight excluding hydrogens is 311 g/mol. The Labute approximate surface area is 139 Å². The predicted octanol–water partition coefficient (Wildman–Crippen LogP) is 1.93. The van der Waals surface area contributed by atoms with Gasteiger partial charge in [0.2, 0.25) is 5.91 Å². The van der Waals surface area contributed by atoms with Crippen molar-refractivity contribution in [1.82, 2.24) is 14.7 Å². The maximum atomic E-state index is 12.5. The quantitative estimate of drug-likeness (QED) is 0.917. The standard InChI is InChI=1S/C14H24N4O.2ClH/c1-10-5-4-6-17(13(10)8-15)14(19)9-18-12(3)7-11(2)16-18;;/h7,10,13H,4-6,8-9,15H2,1-3H3;2*1H. The Morgan fingerprint density at radius 3 is 2.62 bits per heavy atom. The molecule has 0 aliphatic carbocycles. The minimum absolute atomic E-state index is 0. The molecule has 1 fully saturated rings. The van der Waals surface area contributed by atoms with Crippen molar-refractivity contribution in [2.24, 2.45) is 11.7 Å². The average Bonchev–Trinajstić information content (AvgIpc) is 2.67. The Hall–Kier alpha value is -0.780. The van der Waals surface area contributed by atoms with E-state index >= 15 is 0 Å². The van der Waals surface area contributed by atoms with E-state index in [4.69, 9.17) is 5.73 Å². The number of piperidine rings is 1. The van der Waals surface area contributed by atoms with Crippen LogP contribution in [0.5, 0.6) is 0 Å². The molecule has 2 N–H and O–H groups in total. The monoisotopic (exact) mass is 336 g/mol. The first-order valence-electron chi connectivity index (χ1n) is 7.03. The fraction of sp³-hybridized carbons (Fsp3) is 0.714. The summed E-state index contributed by atoms with van der Waals surface area (Å²) in [4.78, 5) is 14.4. The van der Waals surface area contributed by atoms with E-state index in [0.717, 1.165) is 30.8 Å². The van der Waals surface area contributed by atoms with Gasteiger partial charge in [-0.1, -0.05) is 6.92 Å². The van der Waals surface area contributed by atoms with E-state index < -0.39 is 0 Å². The number of aromatic nitrogens is 2. The van der Waals surface area contributed by atoms with Crippen molar-refractivity contribution >= 4 is 30.7 Å². The van der Waals surface area contributed by atoms with E-state index in [1.54, 1.807) is 4.68 Å². The number of hydrogen-bond acceptors (Lipinski definition) is 3. The van der Waals surface area contributed by atoms with Crippen LogP contribution in [0, 0.1) is 19.8 Å². The molecule has 1 amide bonds. The topological polar surface area (TPSA) is 64.2 Å². The van der Waals surface area contributed by atoms with Crippen LogP contribution in [0.3, 0.4) is 0 Å². The molecule has 0 spiro atoms. The van der Waals surface area contributed by atoms with Crippen LogP contribution in [0.2, 0.25) is 0 Å². The third-order valence-electron chi connectivity index (χ3n) is 4.07. The molecule has 1 aliphatic rings. The van der Waals surface area contributed by atoms with Gasteiger partial charge < -0.3 is 10.6 Å². The zero-order valence-corrected chi connectivity index (χ0v) is 14.5. The van der Waals surface area contributed by atoms with Gasteiger partial charge in [-0.05, 0) is 38.7 Å². The number of carbonyl (C=O) groups is 1. The molecule has 1 aliphatic heterocycles. The Balaban J connectivity index is 0.00000200. The summed E-state index contributed by atoms with van der Waals surface area (Å²) in [6.45, 7) is 7.80. The molecule has 0 aromatic carbocycles. The van der Waals surface area contributed by atoms with Gasteiger partial charge in [-0.3, -0.25) is 9.48 Å². The second kappa shape index (κ2) is 8.61. The van der Waals surface area contributed by atoms with Crippen molar-refractivity contribution in [2.75, 3.05) is 13.1 Å². The molecule has 0 saturated carbocycles. The third-order valence-corrected chi connectivity index (χ3v) is 4.07. The summed E-state index contributed by atoms with van der Waals surface area (Å²) < 4.78 is 1.78. The van der Waals surface area contributed by atoms with Crippen LogP contribution < -0.4 is 5.73 Å². The second-order valence-corrected chi connectivity index (χ2v) is 5.59. The lowest BCUT2D eigenvalue weighted by atomic mass is 9.91. The number of rotatable bonds is 3. The van der Waals surface area contributed by atoms with Gasteiger partial charge in [0.05, 0.1) is 5.69 Å². The van der Waals surface area contributed by atoms with Gasteiger partial charge in [0.25, 0.3) is 0 Å². The molecule has 0 radical (unpaired) electrons. The van der Waals surface area contributed by atoms with Crippen molar-refractivity contribution in [3.05, 3.63) is 17.5 Å². The number of carbonyl (C=O) groups excluding carboxylic acids is 1. The maximum absolute atomic E-state index is 12.5. The first-order chi connectivity index (χ1) is 9.02. The van der Waals surface area contributed by atoms with Crippen LogP contribution in [0.4, 0.5) is 0 Å². The average molecular weight is 337 g/mol. The van der Waals surface area contributed by atoms with Crippen molar-refractivity contribution in [1.29, 1.82) is 0 Å². The number of likely N-dealkylation sites (tertiary alicyclic amines) is 1. The Kier molecular flexibility index (Phi) is 8.29. The highest BCUT2D eigenvalue weighted by Crippen LogP contribution is 2.23. The second-order valence-electron chi connectivity index (χ2n) is 5.59. The van der Waals surface area contributed by atoms with E-state index in [0.29, 0.717) is 19.0 Å². The van der Waals surface area contributed by atoms with Crippen molar-refractivity contribution < 1.29 is 4.79 Å². The normalized spacial score (nSPS) is 21.4. The molecule has 2 unspecified atom stereocenters. The Bertz CT molecular complexity index is 464. The zero-order valence-electron chi connectivity index (χ0n) is 12.9. The molecule has 2 atom stereocenters. The highest BCUT2D eigenvalue weighted by molar-refractivity contribution is 5.85. The van der Waals surface area contributed by atoms with Crippen LogP contribution in [0.25, 0.3) is 0 Å². The number of nitrogens with zero attached hydrogens (tertiary/aromatic N) is 3. The summed E-state index contributed by atoms with van der Waals surface area (Å²) in [6.07, 6.45) is 2.23. The van der Waals surface area contributed by atoms with E-state index in [9.17, 15) is 4.79 Å². The lowest BCUT2D eigenvalue weighted by Crippen LogP contribution is -2.52. The summed E-state index contributed by atoms with van der Waals surface area (Å²) in [7, 11) is 0.